The zero-order valence-electron chi connectivity index (χ0n) is 14.8. The Bertz CT molecular complexity index is 1190. The SMILES string of the molecule is O=S(=O)(Nc1ccc2c(c1)N(S(=O)(=O)c1ccccc1)CCC2)c1cccs1. The van der Waals surface area contributed by atoms with E-state index in [-0.39, 0.29) is 9.10 Å². The van der Waals surface area contributed by atoms with Crippen LogP contribution in [0.15, 0.2) is 75.1 Å². The summed E-state index contributed by atoms with van der Waals surface area (Å²) in [5.41, 5.74) is 1.73. The molecule has 3 aromatic rings. The molecule has 0 aliphatic carbocycles. The molecule has 0 atom stereocenters. The molecule has 146 valence electrons. The molecule has 0 spiro atoms. The average Bonchev–Trinajstić information content (AvgIpc) is 3.24. The third-order valence-electron chi connectivity index (χ3n) is 4.50. The first-order chi connectivity index (χ1) is 13.4. The van der Waals surface area contributed by atoms with Gasteiger partial charge >= 0.3 is 0 Å². The van der Waals surface area contributed by atoms with Crippen molar-refractivity contribution in [2.24, 2.45) is 0 Å². The lowest BCUT2D eigenvalue weighted by Gasteiger charge is -2.31. The number of sulfonamides is 2. The minimum Gasteiger partial charge on any atom is -0.279 e. The molecule has 1 aliphatic rings. The quantitative estimate of drug-likeness (QED) is 0.664. The molecular weight excluding hydrogens is 416 g/mol. The second-order valence-electron chi connectivity index (χ2n) is 6.37. The normalized spacial score (nSPS) is 14.5. The summed E-state index contributed by atoms with van der Waals surface area (Å²) in [6.07, 6.45) is 1.45. The van der Waals surface area contributed by atoms with Crippen molar-refractivity contribution in [1.29, 1.82) is 0 Å². The van der Waals surface area contributed by atoms with E-state index >= 15 is 0 Å². The predicted octanol–water partition coefficient (Wildman–Crippen LogP) is 3.69. The van der Waals surface area contributed by atoms with Crippen LogP contribution in [0.1, 0.15) is 12.0 Å². The van der Waals surface area contributed by atoms with Crippen LogP contribution in [0.25, 0.3) is 0 Å². The summed E-state index contributed by atoms with van der Waals surface area (Å²) in [4.78, 5) is 0.215. The van der Waals surface area contributed by atoms with Gasteiger partial charge in [0.05, 0.1) is 16.3 Å². The third kappa shape index (κ3) is 3.52. The van der Waals surface area contributed by atoms with Crippen molar-refractivity contribution in [3.63, 3.8) is 0 Å². The van der Waals surface area contributed by atoms with Crippen molar-refractivity contribution in [1.82, 2.24) is 0 Å². The molecule has 0 fully saturated rings. The van der Waals surface area contributed by atoms with Crippen LogP contribution in [-0.4, -0.2) is 23.4 Å². The fraction of sp³-hybridized carbons (Fsp3) is 0.158. The number of nitrogens with zero attached hydrogens (tertiary/aromatic N) is 1. The van der Waals surface area contributed by atoms with E-state index in [1.807, 2.05) is 0 Å². The first-order valence-corrected chi connectivity index (χ1v) is 12.5. The Labute approximate surface area is 168 Å². The first kappa shape index (κ1) is 19.0. The van der Waals surface area contributed by atoms with E-state index in [1.54, 1.807) is 60.0 Å². The summed E-state index contributed by atoms with van der Waals surface area (Å²) in [6.45, 7) is 0.353. The number of aryl methyl sites for hydroxylation is 1. The zero-order valence-corrected chi connectivity index (χ0v) is 17.2. The van der Waals surface area contributed by atoms with Crippen LogP contribution in [0.4, 0.5) is 11.4 Å². The number of rotatable bonds is 5. The van der Waals surface area contributed by atoms with Gasteiger partial charge in [-0.1, -0.05) is 30.3 Å². The van der Waals surface area contributed by atoms with Gasteiger partial charge in [0.1, 0.15) is 4.21 Å². The molecule has 28 heavy (non-hydrogen) atoms. The second kappa shape index (κ2) is 7.23. The molecule has 2 heterocycles. The van der Waals surface area contributed by atoms with Gasteiger partial charge in [-0.15, -0.1) is 11.3 Å². The maximum Gasteiger partial charge on any atom is 0.271 e. The minimum absolute atomic E-state index is 0.207. The molecule has 2 aromatic carbocycles. The number of hydrogen-bond acceptors (Lipinski definition) is 5. The van der Waals surface area contributed by atoms with E-state index in [0.717, 1.165) is 23.3 Å². The van der Waals surface area contributed by atoms with Gasteiger partial charge in [0.25, 0.3) is 20.0 Å². The predicted molar refractivity (Wildman–Crippen MR) is 111 cm³/mol. The fourth-order valence-electron chi connectivity index (χ4n) is 3.20. The van der Waals surface area contributed by atoms with Crippen LogP contribution < -0.4 is 9.03 Å². The molecule has 0 unspecified atom stereocenters. The highest BCUT2D eigenvalue weighted by molar-refractivity contribution is 7.94. The second-order valence-corrected chi connectivity index (χ2v) is 11.1. The van der Waals surface area contributed by atoms with Crippen LogP contribution in [0.3, 0.4) is 0 Å². The standard InChI is InChI=1S/C19H18N2O4S3/c22-27(23,19-9-5-13-26-19)20-16-11-10-15-6-4-12-21(18(15)14-16)28(24,25)17-7-2-1-3-8-17/h1-3,5,7-11,13-14,20H,4,6,12H2. The summed E-state index contributed by atoms with van der Waals surface area (Å²) in [7, 11) is -7.42. The number of anilines is 2. The highest BCUT2D eigenvalue weighted by atomic mass is 32.2. The van der Waals surface area contributed by atoms with Crippen LogP contribution in [-0.2, 0) is 26.5 Å². The Hall–Kier alpha value is -2.36. The van der Waals surface area contributed by atoms with E-state index < -0.39 is 20.0 Å². The Balaban J connectivity index is 1.72. The topological polar surface area (TPSA) is 83.6 Å². The van der Waals surface area contributed by atoms with E-state index in [4.69, 9.17) is 0 Å². The fourth-order valence-corrected chi connectivity index (χ4v) is 6.79. The van der Waals surface area contributed by atoms with Crippen LogP contribution in [0.5, 0.6) is 0 Å². The molecule has 1 aliphatic heterocycles. The molecule has 0 saturated heterocycles. The van der Waals surface area contributed by atoms with Gasteiger partial charge in [-0.2, -0.15) is 0 Å². The molecule has 6 nitrogen and oxygen atoms in total. The van der Waals surface area contributed by atoms with Gasteiger partial charge in [0.2, 0.25) is 0 Å². The molecule has 9 heteroatoms. The average molecular weight is 435 g/mol. The van der Waals surface area contributed by atoms with Crippen molar-refractivity contribution in [2.75, 3.05) is 15.6 Å². The van der Waals surface area contributed by atoms with Crippen molar-refractivity contribution >= 4 is 42.8 Å². The molecule has 4 rings (SSSR count). The smallest absolute Gasteiger partial charge is 0.271 e. The Kier molecular flexibility index (Phi) is 4.90. The first-order valence-electron chi connectivity index (χ1n) is 8.65. The van der Waals surface area contributed by atoms with E-state index in [0.29, 0.717) is 24.3 Å². The molecule has 1 N–H and O–H groups in total. The summed E-state index contributed by atoms with van der Waals surface area (Å²) >= 11 is 1.12. The van der Waals surface area contributed by atoms with Gasteiger partial charge in [0.15, 0.2) is 0 Å². The Morgan fingerprint density at radius 1 is 0.929 bits per heavy atom. The van der Waals surface area contributed by atoms with E-state index in [1.165, 1.54) is 10.4 Å². The number of fused-ring (bicyclic) bond motifs is 1. The maximum absolute atomic E-state index is 13.1. The van der Waals surface area contributed by atoms with Crippen LogP contribution >= 0.6 is 11.3 Å². The van der Waals surface area contributed by atoms with Gasteiger partial charge < -0.3 is 0 Å². The van der Waals surface area contributed by atoms with Crippen molar-refractivity contribution < 1.29 is 16.8 Å². The number of hydrogen-bond donors (Lipinski definition) is 1. The highest BCUT2D eigenvalue weighted by Gasteiger charge is 2.29. The number of benzene rings is 2. The van der Waals surface area contributed by atoms with Crippen molar-refractivity contribution in [2.45, 2.75) is 21.9 Å². The van der Waals surface area contributed by atoms with Gasteiger partial charge in [-0.05, 0) is 54.1 Å². The lowest BCUT2D eigenvalue weighted by molar-refractivity contribution is 0.586. The molecule has 0 amide bonds. The van der Waals surface area contributed by atoms with Crippen LogP contribution in [0, 0.1) is 0 Å². The lowest BCUT2D eigenvalue weighted by Crippen LogP contribution is -2.35. The monoisotopic (exact) mass is 434 g/mol. The molecule has 0 radical (unpaired) electrons. The largest absolute Gasteiger partial charge is 0.279 e. The van der Waals surface area contributed by atoms with Crippen LogP contribution in [0.2, 0.25) is 0 Å². The number of thiophene rings is 1. The molecular formula is C19H18N2O4S3. The minimum atomic E-state index is -3.72. The van der Waals surface area contributed by atoms with Gasteiger partial charge in [-0.25, -0.2) is 16.8 Å². The van der Waals surface area contributed by atoms with Gasteiger partial charge in [0, 0.05) is 6.54 Å². The van der Waals surface area contributed by atoms with Gasteiger partial charge in [-0.3, -0.25) is 9.03 Å². The van der Waals surface area contributed by atoms with E-state index in [2.05, 4.69) is 4.72 Å². The van der Waals surface area contributed by atoms with E-state index in [9.17, 15) is 16.8 Å². The summed E-state index contributed by atoms with van der Waals surface area (Å²) in [6, 6.07) is 16.5. The van der Waals surface area contributed by atoms with Crippen molar-refractivity contribution in [3.05, 3.63) is 71.6 Å². The Morgan fingerprint density at radius 3 is 2.43 bits per heavy atom. The summed E-state index contributed by atoms with van der Waals surface area (Å²) in [5.74, 6) is 0. The summed E-state index contributed by atoms with van der Waals surface area (Å²) in [5, 5.41) is 1.69. The summed E-state index contributed by atoms with van der Waals surface area (Å²) < 4.78 is 55.4. The highest BCUT2D eigenvalue weighted by Crippen LogP contribution is 2.34. The maximum atomic E-state index is 13.1. The third-order valence-corrected chi connectivity index (χ3v) is 9.11. The zero-order chi connectivity index (χ0) is 19.8. The molecule has 0 saturated carbocycles. The van der Waals surface area contributed by atoms with Crippen molar-refractivity contribution in [3.8, 4) is 0 Å². The number of nitrogens with one attached hydrogen (secondary N) is 1. The molecule has 0 bridgehead atoms. The Morgan fingerprint density at radius 2 is 1.71 bits per heavy atom. The lowest BCUT2D eigenvalue weighted by atomic mass is 10.0. The molecule has 1 aromatic heterocycles.